The van der Waals surface area contributed by atoms with Crippen molar-refractivity contribution in [3.63, 3.8) is 0 Å². The van der Waals surface area contributed by atoms with E-state index in [0.717, 1.165) is 10.5 Å². The third-order valence-corrected chi connectivity index (χ3v) is 2.14. The molecule has 0 aliphatic heterocycles. The number of rotatable bonds is 3. The molecule has 1 N–H and O–H groups in total. The van der Waals surface area contributed by atoms with E-state index in [9.17, 15) is 9.18 Å². The van der Waals surface area contributed by atoms with Gasteiger partial charge in [0.1, 0.15) is 5.82 Å². The maximum atomic E-state index is 13.1. The van der Waals surface area contributed by atoms with Crippen LogP contribution in [0.2, 0.25) is 0 Å². The van der Waals surface area contributed by atoms with E-state index in [4.69, 9.17) is 0 Å². The lowest BCUT2D eigenvalue weighted by Crippen LogP contribution is -2.20. The third kappa shape index (κ3) is 2.96. The Morgan fingerprint density at radius 2 is 2.36 bits per heavy atom. The van der Waals surface area contributed by atoms with Crippen molar-refractivity contribution in [3.05, 3.63) is 46.7 Å². The minimum Gasteiger partial charge on any atom is -0.348 e. The van der Waals surface area contributed by atoms with Gasteiger partial charge in [0.05, 0.1) is 0 Å². The molecule has 0 saturated heterocycles. The molecule has 74 valence electrons. The van der Waals surface area contributed by atoms with E-state index in [1.54, 1.807) is 12.1 Å². The van der Waals surface area contributed by atoms with E-state index < -0.39 is 0 Å². The summed E-state index contributed by atoms with van der Waals surface area (Å²) in [6, 6.07) is 4.58. The minimum atomic E-state index is -0.336. The van der Waals surface area contributed by atoms with Crippen molar-refractivity contribution in [2.24, 2.45) is 0 Å². The number of nitrogens with one attached hydrogen (secondary N) is 1. The second kappa shape index (κ2) is 4.91. The van der Waals surface area contributed by atoms with Crippen molar-refractivity contribution in [2.75, 3.05) is 0 Å². The first-order valence-corrected chi connectivity index (χ1v) is 4.77. The molecule has 0 radical (unpaired) electrons. The predicted molar refractivity (Wildman–Crippen MR) is 56.1 cm³/mol. The lowest BCUT2D eigenvalue weighted by molar-refractivity contribution is -0.116. The quantitative estimate of drug-likeness (QED) is 0.828. The van der Waals surface area contributed by atoms with Crippen LogP contribution in [0.15, 0.2) is 35.3 Å². The summed E-state index contributed by atoms with van der Waals surface area (Å²) < 4.78 is 13.9. The number of halogens is 2. The van der Waals surface area contributed by atoms with E-state index >= 15 is 0 Å². The Morgan fingerprint density at radius 1 is 1.64 bits per heavy atom. The SMILES string of the molecule is C=CC(=O)NCc1cc(Br)ccc1F. The molecule has 14 heavy (non-hydrogen) atoms. The third-order valence-electron chi connectivity index (χ3n) is 1.65. The van der Waals surface area contributed by atoms with Gasteiger partial charge < -0.3 is 5.32 Å². The van der Waals surface area contributed by atoms with Crippen LogP contribution in [0.1, 0.15) is 5.56 Å². The number of benzene rings is 1. The second-order valence-corrected chi connectivity index (χ2v) is 3.57. The first-order valence-electron chi connectivity index (χ1n) is 3.97. The van der Waals surface area contributed by atoms with Gasteiger partial charge in [-0.15, -0.1) is 0 Å². The fourth-order valence-corrected chi connectivity index (χ4v) is 1.34. The van der Waals surface area contributed by atoms with Crippen molar-refractivity contribution in [1.29, 1.82) is 0 Å². The second-order valence-electron chi connectivity index (χ2n) is 2.66. The van der Waals surface area contributed by atoms with Gasteiger partial charge in [-0.3, -0.25) is 4.79 Å². The lowest BCUT2D eigenvalue weighted by atomic mass is 10.2. The van der Waals surface area contributed by atoms with Gasteiger partial charge in [-0.1, -0.05) is 22.5 Å². The summed E-state index contributed by atoms with van der Waals surface area (Å²) in [7, 11) is 0. The highest BCUT2D eigenvalue weighted by atomic mass is 79.9. The maximum Gasteiger partial charge on any atom is 0.243 e. The van der Waals surface area contributed by atoms with Crippen LogP contribution in [0.25, 0.3) is 0 Å². The molecule has 0 fully saturated rings. The smallest absolute Gasteiger partial charge is 0.243 e. The molecule has 0 unspecified atom stereocenters. The van der Waals surface area contributed by atoms with Crippen LogP contribution in [0.5, 0.6) is 0 Å². The van der Waals surface area contributed by atoms with Crippen LogP contribution < -0.4 is 5.32 Å². The zero-order valence-electron chi connectivity index (χ0n) is 7.39. The molecule has 4 heteroatoms. The van der Waals surface area contributed by atoms with Crippen LogP contribution in [0, 0.1) is 5.82 Å². The number of amides is 1. The molecule has 0 heterocycles. The molecular formula is C10H9BrFNO. The van der Waals surface area contributed by atoms with Crippen LogP contribution in [-0.2, 0) is 11.3 Å². The Kier molecular flexibility index (Phi) is 3.83. The molecule has 1 aromatic carbocycles. The van der Waals surface area contributed by atoms with Gasteiger partial charge in [-0.25, -0.2) is 4.39 Å². The van der Waals surface area contributed by atoms with E-state index in [1.807, 2.05) is 0 Å². The zero-order chi connectivity index (χ0) is 10.6. The summed E-state index contributed by atoms with van der Waals surface area (Å²) in [5.41, 5.74) is 0.439. The standard InChI is InChI=1S/C10H9BrFNO/c1-2-10(14)13-6-7-5-8(11)3-4-9(7)12/h2-5H,1,6H2,(H,13,14). The molecule has 0 bridgehead atoms. The van der Waals surface area contributed by atoms with Gasteiger partial charge in [-0.05, 0) is 24.3 Å². The van der Waals surface area contributed by atoms with Gasteiger partial charge in [-0.2, -0.15) is 0 Å². The Morgan fingerprint density at radius 3 is 3.00 bits per heavy atom. The number of hydrogen-bond acceptors (Lipinski definition) is 1. The molecule has 0 aliphatic rings. The molecule has 1 amide bonds. The molecule has 1 rings (SSSR count). The zero-order valence-corrected chi connectivity index (χ0v) is 8.97. The van der Waals surface area contributed by atoms with E-state index in [0.29, 0.717) is 5.56 Å². The van der Waals surface area contributed by atoms with Crippen LogP contribution in [-0.4, -0.2) is 5.91 Å². The molecule has 1 aromatic rings. The summed E-state index contributed by atoms with van der Waals surface area (Å²) >= 11 is 3.22. The largest absolute Gasteiger partial charge is 0.348 e. The average molecular weight is 258 g/mol. The Bertz CT molecular complexity index is 365. The Hall–Kier alpha value is -1.16. The van der Waals surface area contributed by atoms with Gasteiger partial charge in [0.25, 0.3) is 0 Å². The van der Waals surface area contributed by atoms with Gasteiger partial charge >= 0.3 is 0 Å². The molecule has 2 nitrogen and oxygen atoms in total. The fraction of sp³-hybridized carbons (Fsp3) is 0.100. The van der Waals surface area contributed by atoms with E-state index in [-0.39, 0.29) is 18.3 Å². The summed E-state index contributed by atoms with van der Waals surface area (Å²) in [6.45, 7) is 3.46. The van der Waals surface area contributed by atoms with E-state index in [1.165, 1.54) is 6.07 Å². The summed E-state index contributed by atoms with van der Waals surface area (Å²) in [6.07, 6.45) is 1.15. The topological polar surface area (TPSA) is 29.1 Å². The van der Waals surface area contributed by atoms with Crippen molar-refractivity contribution < 1.29 is 9.18 Å². The molecule has 0 spiro atoms. The van der Waals surface area contributed by atoms with Crippen LogP contribution in [0.3, 0.4) is 0 Å². The minimum absolute atomic E-state index is 0.163. The Balaban J connectivity index is 2.71. The van der Waals surface area contributed by atoms with Gasteiger partial charge in [0.2, 0.25) is 5.91 Å². The number of hydrogen-bond donors (Lipinski definition) is 1. The summed E-state index contributed by atoms with van der Waals surface area (Å²) in [5.74, 6) is -0.651. The van der Waals surface area contributed by atoms with Crippen molar-refractivity contribution in [2.45, 2.75) is 6.54 Å². The first-order chi connectivity index (χ1) is 6.63. The fourth-order valence-electron chi connectivity index (χ4n) is 0.933. The van der Waals surface area contributed by atoms with Crippen molar-refractivity contribution >= 4 is 21.8 Å². The number of carbonyl (C=O) groups is 1. The average Bonchev–Trinajstić information content (AvgIpc) is 2.19. The van der Waals surface area contributed by atoms with Gasteiger partial charge in [0.15, 0.2) is 0 Å². The van der Waals surface area contributed by atoms with Crippen LogP contribution in [0.4, 0.5) is 4.39 Å². The molecular weight excluding hydrogens is 249 g/mol. The first kappa shape index (κ1) is 10.9. The molecule has 0 atom stereocenters. The highest BCUT2D eigenvalue weighted by Gasteiger charge is 2.03. The van der Waals surface area contributed by atoms with Crippen molar-refractivity contribution in [1.82, 2.24) is 5.32 Å². The molecule has 0 aromatic heterocycles. The normalized spacial score (nSPS) is 9.57. The number of carbonyl (C=O) groups excluding carboxylic acids is 1. The van der Waals surface area contributed by atoms with Crippen molar-refractivity contribution in [3.8, 4) is 0 Å². The predicted octanol–water partition coefficient (Wildman–Crippen LogP) is 2.39. The summed E-state index contributed by atoms with van der Waals surface area (Å²) in [5, 5.41) is 2.50. The monoisotopic (exact) mass is 257 g/mol. The highest BCUT2D eigenvalue weighted by molar-refractivity contribution is 9.10. The highest BCUT2D eigenvalue weighted by Crippen LogP contribution is 2.15. The maximum absolute atomic E-state index is 13.1. The molecule has 0 saturated carbocycles. The lowest BCUT2D eigenvalue weighted by Gasteiger charge is -2.04. The Labute approximate surface area is 89.9 Å². The van der Waals surface area contributed by atoms with Crippen LogP contribution >= 0.6 is 15.9 Å². The molecule has 0 aliphatic carbocycles. The summed E-state index contributed by atoms with van der Waals surface area (Å²) in [4.78, 5) is 10.8. The van der Waals surface area contributed by atoms with Gasteiger partial charge in [0, 0.05) is 16.6 Å². The van der Waals surface area contributed by atoms with E-state index in [2.05, 4.69) is 27.8 Å².